The van der Waals surface area contributed by atoms with Gasteiger partial charge in [-0.3, -0.25) is 9.78 Å². The summed E-state index contributed by atoms with van der Waals surface area (Å²) >= 11 is 6.13. The van der Waals surface area contributed by atoms with E-state index in [0.29, 0.717) is 35.4 Å². The van der Waals surface area contributed by atoms with Crippen LogP contribution >= 0.6 is 11.6 Å². The van der Waals surface area contributed by atoms with Crippen molar-refractivity contribution in [2.45, 2.75) is 19.4 Å². The smallest absolute Gasteiger partial charge is 0.227 e. The van der Waals surface area contributed by atoms with E-state index in [2.05, 4.69) is 15.1 Å². The third-order valence-electron chi connectivity index (χ3n) is 3.71. The molecule has 0 aliphatic carbocycles. The number of pyridine rings is 1. The van der Waals surface area contributed by atoms with Crippen LogP contribution in [0.3, 0.4) is 0 Å². The van der Waals surface area contributed by atoms with Crippen molar-refractivity contribution in [1.82, 2.24) is 20.0 Å². The fraction of sp³-hybridized carbons (Fsp3) is 0.222. The highest BCUT2D eigenvalue weighted by Gasteiger charge is 2.14. The van der Waals surface area contributed by atoms with Crippen LogP contribution in [-0.2, 0) is 17.8 Å². The molecule has 0 aliphatic heterocycles. The summed E-state index contributed by atoms with van der Waals surface area (Å²) in [4.78, 5) is 22.4. The highest BCUT2D eigenvalue weighted by molar-refractivity contribution is 6.31. The molecule has 2 aromatic heterocycles. The molecule has 0 unspecified atom stereocenters. The molecule has 0 radical (unpaired) electrons. The van der Waals surface area contributed by atoms with E-state index >= 15 is 0 Å². The fourth-order valence-corrected chi connectivity index (χ4v) is 2.53. The minimum absolute atomic E-state index is 0.0162. The van der Waals surface area contributed by atoms with Gasteiger partial charge in [-0.05, 0) is 23.8 Å². The molecule has 0 atom stereocenters. The van der Waals surface area contributed by atoms with Crippen LogP contribution in [-0.4, -0.2) is 33.0 Å². The van der Waals surface area contributed by atoms with Crippen LogP contribution < -0.4 is 0 Å². The molecule has 1 amide bonds. The Labute approximate surface area is 150 Å². The van der Waals surface area contributed by atoms with Gasteiger partial charge in [0.05, 0.1) is 0 Å². The molecule has 0 saturated carbocycles. The first-order valence-corrected chi connectivity index (χ1v) is 8.22. The van der Waals surface area contributed by atoms with Gasteiger partial charge in [0, 0.05) is 37.7 Å². The second kappa shape index (κ2) is 7.90. The molecule has 128 valence electrons. The number of aryl methyl sites for hydroxylation is 1. The highest BCUT2D eigenvalue weighted by Crippen LogP contribution is 2.17. The number of halogens is 1. The number of rotatable bonds is 6. The molecule has 0 spiro atoms. The minimum atomic E-state index is -0.0162. The molecule has 1 aromatic carbocycles. The van der Waals surface area contributed by atoms with Gasteiger partial charge in [-0.15, -0.1) is 0 Å². The van der Waals surface area contributed by atoms with E-state index in [1.807, 2.05) is 36.4 Å². The van der Waals surface area contributed by atoms with E-state index < -0.39 is 0 Å². The van der Waals surface area contributed by atoms with Crippen LogP contribution in [0.1, 0.15) is 17.9 Å². The maximum Gasteiger partial charge on any atom is 0.227 e. The average molecular weight is 357 g/mol. The first-order chi connectivity index (χ1) is 12.1. The molecular formula is C18H17ClN4O2. The van der Waals surface area contributed by atoms with Gasteiger partial charge in [-0.1, -0.05) is 41.0 Å². The van der Waals surface area contributed by atoms with Crippen LogP contribution in [0, 0.1) is 0 Å². The molecular weight excluding hydrogens is 340 g/mol. The zero-order valence-electron chi connectivity index (χ0n) is 13.7. The van der Waals surface area contributed by atoms with E-state index in [-0.39, 0.29) is 12.3 Å². The van der Waals surface area contributed by atoms with Crippen LogP contribution in [0.2, 0.25) is 5.02 Å². The van der Waals surface area contributed by atoms with Crippen molar-refractivity contribution in [2.24, 2.45) is 0 Å². The van der Waals surface area contributed by atoms with Gasteiger partial charge in [-0.25, -0.2) is 0 Å². The monoisotopic (exact) mass is 356 g/mol. The summed E-state index contributed by atoms with van der Waals surface area (Å²) in [6.07, 6.45) is 2.33. The molecule has 0 aliphatic rings. The SMILES string of the molecule is CN(Cc1ccccc1Cl)C(=O)CCc1nc(-c2ccccn2)no1. The lowest BCUT2D eigenvalue weighted by Crippen LogP contribution is -2.26. The third-order valence-corrected chi connectivity index (χ3v) is 4.07. The van der Waals surface area contributed by atoms with Crippen LogP contribution in [0.25, 0.3) is 11.5 Å². The quantitative estimate of drug-likeness (QED) is 0.677. The second-order valence-corrected chi connectivity index (χ2v) is 5.98. The van der Waals surface area contributed by atoms with Crippen LogP contribution in [0.15, 0.2) is 53.2 Å². The Morgan fingerprint density at radius 1 is 1.20 bits per heavy atom. The van der Waals surface area contributed by atoms with Gasteiger partial charge in [-0.2, -0.15) is 4.98 Å². The van der Waals surface area contributed by atoms with Gasteiger partial charge in [0.15, 0.2) is 0 Å². The predicted octanol–water partition coefficient (Wildman–Crippen LogP) is 3.38. The van der Waals surface area contributed by atoms with Crippen molar-refractivity contribution in [1.29, 1.82) is 0 Å². The Morgan fingerprint density at radius 3 is 2.76 bits per heavy atom. The number of amides is 1. The largest absolute Gasteiger partial charge is 0.341 e. The summed E-state index contributed by atoms with van der Waals surface area (Å²) in [7, 11) is 1.75. The van der Waals surface area contributed by atoms with Crippen LogP contribution in [0.4, 0.5) is 0 Å². The number of carbonyl (C=O) groups is 1. The van der Waals surface area contributed by atoms with Gasteiger partial charge in [0.25, 0.3) is 0 Å². The van der Waals surface area contributed by atoms with Crippen molar-refractivity contribution in [2.75, 3.05) is 7.05 Å². The van der Waals surface area contributed by atoms with Crippen molar-refractivity contribution < 1.29 is 9.32 Å². The van der Waals surface area contributed by atoms with Gasteiger partial charge >= 0.3 is 0 Å². The lowest BCUT2D eigenvalue weighted by Gasteiger charge is -2.17. The predicted molar refractivity (Wildman–Crippen MR) is 93.8 cm³/mol. The molecule has 0 N–H and O–H groups in total. The number of aromatic nitrogens is 3. The van der Waals surface area contributed by atoms with Crippen LogP contribution in [0.5, 0.6) is 0 Å². The molecule has 3 aromatic rings. The lowest BCUT2D eigenvalue weighted by molar-refractivity contribution is -0.130. The van der Waals surface area contributed by atoms with Crippen molar-refractivity contribution in [3.63, 3.8) is 0 Å². The van der Waals surface area contributed by atoms with E-state index in [0.717, 1.165) is 5.56 Å². The number of hydrogen-bond donors (Lipinski definition) is 0. The summed E-state index contributed by atoms with van der Waals surface area (Å²) in [5.74, 6) is 0.824. The Hall–Kier alpha value is -2.73. The van der Waals surface area contributed by atoms with Crippen molar-refractivity contribution in [3.05, 3.63) is 65.1 Å². The van der Waals surface area contributed by atoms with Gasteiger partial charge < -0.3 is 9.42 Å². The summed E-state index contributed by atoms with van der Waals surface area (Å²) < 4.78 is 5.19. The van der Waals surface area contributed by atoms with E-state index in [1.54, 1.807) is 24.2 Å². The fourth-order valence-electron chi connectivity index (χ4n) is 2.33. The molecule has 3 rings (SSSR count). The molecule has 25 heavy (non-hydrogen) atoms. The topological polar surface area (TPSA) is 72.1 Å². The van der Waals surface area contributed by atoms with E-state index in [4.69, 9.17) is 16.1 Å². The molecule has 0 fully saturated rings. The summed E-state index contributed by atoms with van der Waals surface area (Å²) in [5.41, 5.74) is 1.55. The van der Waals surface area contributed by atoms with Crippen molar-refractivity contribution in [3.8, 4) is 11.5 Å². The zero-order chi connectivity index (χ0) is 17.6. The number of benzene rings is 1. The Balaban J connectivity index is 1.55. The maximum absolute atomic E-state index is 12.3. The molecule has 2 heterocycles. The lowest BCUT2D eigenvalue weighted by atomic mass is 10.2. The highest BCUT2D eigenvalue weighted by atomic mass is 35.5. The average Bonchev–Trinajstić information content (AvgIpc) is 3.11. The first kappa shape index (κ1) is 17.1. The second-order valence-electron chi connectivity index (χ2n) is 5.57. The summed E-state index contributed by atoms with van der Waals surface area (Å²) in [6, 6.07) is 13.0. The first-order valence-electron chi connectivity index (χ1n) is 7.85. The normalized spacial score (nSPS) is 10.6. The Bertz CT molecular complexity index is 851. The number of nitrogens with zero attached hydrogens (tertiary/aromatic N) is 4. The molecule has 0 bridgehead atoms. The Morgan fingerprint density at radius 2 is 2.00 bits per heavy atom. The zero-order valence-corrected chi connectivity index (χ0v) is 14.5. The third kappa shape index (κ3) is 4.42. The van der Waals surface area contributed by atoms with E-state index in [1.165, 1.54) is 0 Å². The van der Waals surface area contributed by atoms with Gasteiger partial charge in [0.2, 0.25) is 17.6 Å². The molecule has 0 saturated heterocycles. The maximum atomic E-state index is 12.3. The van der Waals surface area contributed by atoms with Crippen molar-refractivity contribution >= 4 is 17.5 Å². The summed E-state index contributed by atoms with van der Waals surface area (Å²) in [6.45, 7) is 0.460. The van der Waals surface area contributed by atoms with Gasteiger partial charge in [0.1, 0.15) is 5.69 Å². The number of carbonyl (C=O) groups excluding carboxylic acids is 1. The number of hydrogen-bond acceptors (Lipinski definition) is 5. The summed E-state index contributed by atoms with van der Waals surface area (Å²) in [5, 5.41) is 4.55. The minimum Gasteiger partial charge on any atom is -0.341 e. The van der Waals surface area contributed by atoms with E-state index in [9.17, 15) is 4.79 Å². The standard InChI is InChI=1S/C18H17ClN4O2/c1-23(12-13-6-2-3-7-14(13)19)17(24)10-9-16-21-18(22-25-16)15-8-4-5-11-20-15/h2-8,11H,9-10,12H2,1H3. The molecule has 7 heteroatoms. The Kier molecular flexibility index (Phi) is 5.40. The molecule has 6 nitrogen and oxygen atoms in total.